The highest BCUT2D eigenvalue weighted by molar-refractivity contribution is 6.57. The van der Waals surface area contributed by atoms with E-state index in [1.165, 1.54) is 6.42 Å². The van der Waals surface area contributed by atoms with Crippen LogP contribution in [0.3, 0.4) is 0 Å². The summed E-state index contributed by atoms with van der Waals surface area (Å²) in [4.78, 5) is 0. The maximum Gasteiger partial charge on any atom is 0.0356 e. The highest BCUT2D eigenvalue weighted by atomic mass is 28.3. The van der Waals surface area contributed by atoms with Crippen LogP contribution >= 0.6 is 0 Å². The topological polar surface area (TPSA) is 52.0 Å². The monoisotopic (exact) mass is 174 g/mol. The van der Waals surface area contributed by atoms with Crippen LogP contribution in [0.25, 0.3) is 0 Å². The van der Waals surface area contributed by atoms with E-state index in [9.17, 15) is 0 Å². The van der Waals surface area contributed by atoms with E-state index in [0.29, 0.717) is 6.04 Å². The lowest BCUT2D eigenvalue weighted by Gasteiger charge is -2.23. The Kier molecular flexibility index (Phi) is 5.82. The van der Waals surface area contributed by atoms with Crippen LogP contribution in [0.5, 0.6) is 0 Å². The lowest BCUT2D eigenvalue weighted by molar-refractivity contribution is 0.591. The van der Waals surface area contributed by atoms with Gasteiger partial charge in [0.2, 0.25) is 0 Å². The fourth-order valence-corrected chi connectivity index (χ4v) is 3.67. The fourth-order valence-electron chi connectivity index (χ4n) is 1.56. The zero-order chi connectivity index (χ0) is 8.85. The molecule has 2 unspecified atom stereocenters. The van der Waals surface area contributed by atoms with E-state index in [1.807, 2.05) is 0 Å². The molecule has 0 radical (unpaired) electrons. The molecule has 0 heterocycles. The van der Waals surface area contributed by atoms with Crippen LogP contribution in [-0.2, 0) is 0 Å². The molecule has 11 heavy (non-hydrogen) atoms. The Morgan fingerprint density at radius 2 is 1.91 bits per heavy atom. The average molecular weight is 174 g/mol. The van der Waals surface area contributed by atoms with Gasteiger partial charge in [0.15, 0.2) is 0 Å². The van der Waals surface area contributed by atoms with Gasteiger partial charge < -0.3 is 11.5 Å². The summed E-state index contributed by atoms with van der Waals surface area (Å²) < 4.78 is 0. The predicted octanol–water partition coefficient (Wildman–Crippen LogP) is 0.929. The Morgan fingerprint density at radius 1 is 1.36 bits per heavy atom. The third kappa shape index (κ3) is 4.56. The summed E-state index contributed by atoms with van der Waals surface area (Å²) >= 11 is 0. The molecule has 68 valence electrons. The van der Waals surface area contributed by atoms with Crippen LogP contribution in [0, 0.1) is 0 Å². The summed E-state index contributed by atoms with van der Waals surface area (Å²) in [5.74, 6) is 0. The minimum atomic E-state index is -0.556. The van der Waals surface area contributed by atoms with Crippen LogP contribution in [0.15, 0.2) is 0 Å². The van der Waals surface area contributed by atoms with E-state index in [2.05, 4.69) is 20.0 Å². The highest BCUT2D eigenvalue weighted by Gasteiger charge is 2.17. The maximum absolute atomic E-state index is 5.87. The summed E-state index contributed by atoms with van der Waals surface area (Å²) in [5, 5.41) is 0. The zero-order valence-corrected chi connectivity index (χ0v) is 9.16. The Balaban J connectivity index is 3.70. The molecule has 0 spiro atoms. The minimum absolute atomic E-state index is 0.369. The van der Waals surface area contributed by atoms with E-state index in [1.54, 1.807) is 0 Å². The van der Waals surface area contributed by atoms with Gasteiger partial charge in [-0.1, -0.05) is 26.4 Å². The number of hydrogen-bond donors (Lipinski definition) is 2. The molecular weight excluding hydrogens is 152 g/mol. The molecular formula is C8H22N2Si. The second-order valence-electron chi connectivity index (χ2n) is 3.70. The molecule has 0 aromatic carbocycles. The van der Waals surface area contributed by atoms with E-state index >= 15 is 0 Å². The van der Waals surface area contributed by atoms with Gasteiger partial charge in [0.1, 0.15) is 0 Å². The first kappa shape index (κ1) is 11.1. The smallest absolute Gasteiger partial charge is 0.0356 e. The normalized spacial score (nSPS) is 16.9. The van der Waals surface area contributed by atoms with Crippen molar-refractivity contribution in [3.63, 3.8) is 0 Å². The van der Waals surface area contributed by atoms with Crippen molar-refractivity contribution in [3.05, 3.63) is 0 Å². The summed E-state index contributed by atoms with van der Waals surface area (Å²) in [6, 6.07) is 0.369. The first-order valence-corrected chi connectivity index (χ1v) is 7.52. The molecule has 0 fully saturated rings. The van der Waals surface area contributed by atoms with Crippen molar-refractivity contribution >= 4 is 8.80 Å². The van der Waals surface area contributed by atoms with Crippen molar-refractivity contribution in [2.45, 2.75) is 44.4 Å². The van der Waals surface area contributed by atoms with E-state index in [-0.39, 0.29) is 0 Å². The van der Waals surface area contributed by atoms with Crippen molar-refractivity contribution in [1.82, 2.24) is 0 Å². The van der Waals surface area contributed by atoms with Gasteiger partial charge in [-0.3, -0.25) is 0 Å². The van der Waals surface area contributed by atoms with Gasteiger partial charge in [0.05, 0.1) is 0 Å². The van der Waals surface area contributed by atoms with E-state index < -0.39 is 8.80 Å². The van der Waals surface area contributed by atoms with E-state index in [0.717, 1.165) is 18.5 Å². The lowest BCUT2D eigenvalue weighted by Crippen LogP contribution is -2.30. The predicted molar refractivity (Wildman–Crippen MR) is 54.6 cm³/mol. The van der Waals surface area contributed by atoms with Crippen molar-refractivity contribution in [2.24, 2.45) is 11.5 Å². The molecule has 0 aliphatic rings. The van der Waals surface area contributed by atoms with Gasteiger partial charge in [-0.2, -0.15) is 0 Å². The molecule has 0 saturated heterocycles. The van der Waals surface area contributed by atoms with E-state index in [4.69, 9.17) is 11.5 Å². The van der Waals surface area contributed by atoms with Gasteiger partial charge in [0.25, 0.3) is 0 Å². The van der Waals surface area contributed by atoms with Crippen LogP contribution in [0.1, 0.15) is 19.8 Å². The van der Waals surface area contributed by atoms with Crippen molar-refractivity contribution in [2.75, 3.05) is 6.54 Å². The average Bonchev–Trinajstić information content (AvgIpc) is 1.87. The third-order valence-corrected chi connectivity index (χ3v) is 4.93. The Morgan fingerprint density at radius 3 is 2.18 bits per heavy atom. The van der Waals surface area contributed by atoms with Gasteiger partial charge in [-0.05, 0) is 18.5 Å². The standard InChI is InChI=1S/C8H22N2Si/c1-7(10)8(11(2)3)5-4-6-9/h7-8,11H,4-6,9-10H2,1-3H3. The maximum atomic E-state index is 5.87. The zero-order valence-electron chi connectivity index (χ0n) is 8.01. The van der Waals surface area contributed by atoms with Gasteiger partial charge in [-0.15, -0.1) is 0 Å². The SMILES string of the molecule is CC(N)C(CCCN)[SiH](C)C. The summed E-state index contributed by atoms with van der Waals surface area (Å²) in [7, 11) is -0.556. The molecule has 0 amide bonds. The summed E-state index contributed by atoms with van der Waals surface area (Å²) in [6.07, 6.45) is 2.37. The molecule has 0 aromatic heterocycles. The minimum Gasteiger partial charge on any atom is -0.330 e. The van der Waals surface area contributed by atoms with Crippen molar-refractivity contribution < 1.29 is 0 Å². The second-order valence-corrected chi connectivity index (χ2v) is 7.04. The fraction of sp³-hybridized carbons (Fsp3) is 1.00. The number of rotatable bonds is 5. The Labute approximate surface area is 72.0 Å². The molecule has 3 heteroatoms. The molecule has 0 aliphatic carbocycles. The van der Waals surface area contributed by atoms with Gasteiger partial charge in [0, 0.05) is 14.8 Å². The molecule has 2 atom stereocenters. The molecule has 0 saturated carbocycles. The Hall–Kier alpha value is 0.137. The van der Waals surface area contributed by atoms with Crippen molar-refractivity contribution in [3.8, 4) is 0 Å². The van der Waals surface area contributed by atoms with Crippen LogP contribution in [0.2, 0.25) is 18.6 Å². The molecule has 0 aliphatic heterocycles. The molecule has 2 nitrogen and oxygen atoms in total. The number of hydrogen-bond acceptors (Lipinski definition) is 2. The Bertz CT molecular complexity index is 86.1. The largest absolute Gasteiger partial charge is 0.330 e. The lowest BCUT2D eigenvalue weighted by atomic mass is 10.1. The van der Waals surface area contributed by atoms with Crippen LogP contribution < -0.4 is 11.5 Å². The highest BCUT2D eigenvalue weighted by Crippen LogP contribution is 2.20. The molecule has 0 rings (SSSR count). The van der Waals surface area contributed by atoms with Crippen LogP contribution in [-0.4, -0.2) is 21.4 Å². The quantitative estimate of drug-likeness (QED) is 0.609. The first-order valence-electron chi connectivity index (χ1n) is 4.55. The van der Waals surface area contributed by atoms with Crippen LogP contribution in [0.4, 0.5) is 0 Å². The first-order chi connectivity index (χ1) is 5.09. The molecule has 0 bridgehead atoms. The van der Waals surface area contributed by atoms with Gasteiger partial charge in [-0.25, -0.2) is 0 Å². The van der Waals surface area contributed by atoms with Gasteiger partial charge >= 0.3 is 0 Å². The summed E-state index contributed by atoms with van der Waals surface area (Å²) in [6.45, 7) is 7.66. The third-order valence-electron chi connectivity index (χ3n) is 2.27. The van der Waals surface area contributed by atoms with Crippen molar-refractivity contribution in [1.29, 1.82) is 0 Å². The number of nitrogens with two attached hydrogens (primary N) is 2. The summed E-state index contributed by atoms with van der Waals surface area (Å²) in [5.41, 5.74) is 12.1. The second kappa shape index (κ2) is 5.74. The molecule has 0 aromatic rings. The molecule has 4 N–H and O–H groups in total.